The zero-order valence-corrected chi connectivity index (χ0v) is 26.8. The Labute approximate surface area is 278 Å². The number of amides is 1. The largest absolute Gasteiger partial charge is 0.507 e. The van der Waals surface area contributed by atoms with Gasteiger partial charge in [0.05, 0.1) is 11.6 Å². The van der Waals surface area contributed by atoms with E-state index in [1.54, 1.807) is 54.6 Å². The summed E-state index contributed by atoms with van der Waals surface area (Å²) in [5.74, 6) is -0.477. The van der Waals surface area contributed by atoms with Crippen LogP contribution in [0, 0.1) is 5.82 Å². The molecule has 1 aromatic heterocycles. The molecule has 236 valence electrons. The number of hydrogen-bond donors (Lipinski definition) is 1. The van der Waals surface area contributed by atoms with Gasteiger partial charge in [-0.1, -0.05) is 77.7 Å². The molecule has 0 saturated carbocycles. The molecular formula is C36H28FN3O5S2. The summed E-state index contributed by atoms with van der Waals surface area (Å²) in [5.41, 5.74) is 3.71. The van der Waals surface area contributed by atoms with E-state index in [1.165, 1.54) is 28.8 Å². The molecule has 0 spiro atoms. The third-order valence-corrected chi connectivity index (χ3v) is 10.0. The van der Waals surface area contributed by atoms with E-state index in [0.29, 0.717) is 40.0 Å². The molecule has 47 heavy (non-hydrogen) atoms. The van der Waals surface area contributed by atoms with E-state index in [-0.39, 0.29) is 28.4 Å². The molecule has 2 aliphatic rings. The van der Waals surface area contributed by atoms with Crippen molar-refractivity contribution in [3.8, 4) is 11.5 Å². The van der Waals surface area contributed by atoms with Crippen LogP contribution in [0.4, 0.5) is 9.52 Å². The summed E-state index contributed by atoms with van der Waals surface area (Å²) in [5, 5.41) is 20.5. The van der Waals surface area contributed by atoms with Crippen molar-refractivity contribution in [3.05, 3.63) is 136 Å². The lowest BCUT2D eigenvalue weighted by Crippen LogP contribution is -2.29. The van der Waals surface area contributed by atoms with Gasteiger partial charge < -0.3 is 14.6 Å². The number of Topliss-reactive ketones (excluding diaryl/α,β-unsaturated/α-hetero) is 1. The highest BCUT2D eigenvalue weighted by molar-refractivity contribution is 8.00. The average molecular weight is 666 g/mol. The first-order valence-corrected chi connectivity index (χ1v) is 16.7. The predicted octanol–water partition coefficient (Wildman–Crippen LogP) is 7.50. The molecule has 5 aromatic rings. The molecule has 4 aromatic carbocycles. The number of thioether (sulfide) groups is 1. The van der Waals surface area contributed by atoms with Crippen molar-refractivity contribution in [2.75, 3.05) is 4.90 Å². The Morgan fingerprint density at radius 2 is 1.81 bits per heavy atom. The summed E-state index contributed by atoms with van der Waals surface area (Å²) >= 11 is 2.55. The van der Waals surface area contributed by atoms with Gasteiger partial charge in [-0.05, 0) is 71.6 Å². The van der Waals surface area contributed by atoms with Crippen molar-refractivity contribution in [2.45, 2.75) is 42.2 Å². The van der Waals surface area contributed by atoms with Gasteiger partial charge >= 0.3 is 5.91 Å². The Balaban J connectivity index is 1.25. The highest BCUT2D eigenvalue weighted by Crippen LogP contribution is 2.45. The quantitative estimate of drug-likeness (QED) is 0.0568. The molecule has 1 saturated heterocycles. The van der Waals surface area contributed by atoms with Crippen LogP contribution in [0.3, 0.4) is 0 Å². The second-order valence-electron chi connectivity index (χ2n) is 11.2. The molecule has 3 heterocycles. The first-order valence-electron chi connectivity index (χ1n) is 14.9. The van der Waals surface area contributed by atoms with Gasteiger partial charge in [-0.15, -0.1) is 10.2 Å². The van der Waals surface area contributed by atoms with Crippen LogP contribution in [0.2, 0.25) is 0 Å². The molecule has 0 aliphatic carbocycles. The predicted molar refractivity (Wildman–Crippen MR) is 178 cm³/mol. The van der Waals surface area contributed by atoms with Crippen LogP contribution in [0.5, 0.6) is 11.5 Å². The highest BCUT2D eigenvalue weighted by Gasteiger charge is 2.48. The monoisotopic (exact) mass is 665 g/mol. The fraction of sp³-hybridized carbons (Fsp3) is 0.167. The summed E-state index contributed by atoms with van der Waals surface area (Å²) < 4.78 is 25.8. The number of aliphatic hydroxyl groups is 1. The number of aromatic nitrogens is 2. The van der Waals surface area contributed by atoms with Crippen LogP contribution in [-0.4, -0.2) is 33.1 Å². The number of hydrogen-bond acceptors (Lipinski definition) is 9. The normalized spacial score (nSPS) is 18.3. The SMILES string of the molecule is C[C@@H]1Cc2cc(C(O)=C3C(=O)C(=O)N(c4nnc(SCc5ccc(F)cc5)s4)[C@H]3c3cccc(OCc4ccccc4)c3)ccc2O1. The topological polar surface area (TPSA) is 102 Å². The molecule has 1 amide bonds. The van der Waals surface area contributed by atoms with Gasteiger partial charge in [0.2, 0.25) is 5.13 Å². The van der Waals surface area contributed by atoms with E-state index in [0.717, 1.165) is 33.8 Å². The number of nitrogens with zero attached hydrogens (tertiary/aromatic N) is 3. The van der Waals surface area contributed by atoms with E-state index in [2.05, 4.69) is 10.2 Å². The summed E-state index contributed by atoms with van der Waals surface area (Å²) in [6.07, 6.45) is 0.664. The highest BCUT2D eigenvalue weighted by atomic mass is 32.2. The summed E-state index contributed by atoms with van der Waals surface area (Å²) in [4.78, 5) is 28.8. The Hall–Kier alpha value is -5.00. The zero-order chi connectivity index (χ0) is 32.5. The van der Waals surface area contributed by atoms with Crippen LogP contribution in [0.1, 0.15) is 40.8 Å². The van der Waals surface area contributed by atoms with Crippen molar-refractivity contribution in [3.63, 3.8) is 0 Å². The van der Waals surface area contributed by atoms with Gasteiger partial charge in [0, 0.05) is 17.7 Å². The maximum Gasteiger partial charge on any atom is 0.301 e. The Morgan fingerprint density at radius 1 is 1.00 bits per heavy atom. The molecule has 2 atom stereocenters. The van der Waals surface area contributed by atoms with Gasteiger partial charge in [0.25, 0.3) is 5.78 Å². The lowest BCUT2D eigenvalue weighted by Gasteiger charge is -2.23. The van der Waals surface area contributed by atoms with Gasteiger partial charge in [0.1, 0.15) is 35.8 Å². The lowest BCUT2D eigenvalue weighted by atomic mass is 9.94. The minimum absolute atomic E-state index is 0.000807. The van der Waals surface area contributed by atoms with Crippen LogP contribution >= 0.6 is 23.1 Å². The van der Waals surface area contributed by atoms with Crippen molar-refractivity contribution >= 4 is 45.7 Å². The number of halogens is 1. The van der Waals surface area contributed by atoms with Crippen LogP contribution in [-0.2, 0) is 28.4 Å². The Morgan fingerprint density at radius 3 is 2.62 bits per heavy atom. The number of ketones is 1. The molecule has 11 heteroatoms. The molecule has 8 nitrogen and oxygen atoms in total. The molecule has 2 aliphatic heterocycles. The molecule has 0 bridgehead atoms. The number of carbonyl (C=O) groups is 2. The summed E-state index contributed by atoms with van der Waals surface area (Å²) in [6, 6.07) is 27.3. The summed E-state index contributed by atoms with van der Waals surface area (Å²) in [6.45, 7) is 2.29. The maximum absolute atomic E-state index is 13.8. The van der Waals surface area contributed by atoms with Gasteiger partial charge in [-0.3, -0.25) is 14.5 Å². The fourth-order valence-electron chi connectivity index (χ4n) is 5.67. The second kappa shape index (κ2) is 13.0. The third kappa shape index (κ3) is 6.36. The molecule has 7 rings (SSSR count). The minimum atomic E-state index is -0.999. The number of benzene rings is 4. The maximum atomic E-state index is 13.8. The van der Waals surface area contributed by atoms with E-state index in [9.17, 15) is 19.1 Å². The number of aliphatic hydroxyl groups excluding tert-OH is 1. The van der Waals surface area contributed by atoms with Gasteiger partial charge in [0.15, 0.2) is 4.34 Å². The van der Waals surface area contributed by atoms with Crippen molar-refractivity contribution < 1.29 is 28.6 Å². The molecule has 0 radical (unpaired) electrons. The van der Waals surface area contributed by atoms with E-state index in [4.69, 9.17) is 9.47 Å². The van der Waals surface area contributed by atoms with Gasteiger partial charge in [-0.2, -0.15) is 0 Å². The van der Waals surface area contributed by atoms with Crippen molar-refractivity contribution in [1.82, 2.24) is 10.2 Å². The van der Waals surface area contributed by atoms with E-state index < -0.39 is 17.7 Å². The van der Waals surface area contributed by atoms with Crippen molar-refractivity contribution in [2.24, 2.45) is 0 Å². The first-order chi connectivity index (χ1) is 22.8. The number of anilines is 1. The molecule has 1 N–H and O–H groups in total. The van der Waals surface area contributed by atoms with E-state index >= 15 is 0 Å². The molecule has 1 fully saturated rings. The standard InChI is InChI=1S/C36H28FN3O5S2/c1-21-16-26-17-25(12-15-29(26)45-21)32(41)30-31(24-8-5-9-28(18-24)44-19-22-6-3-2-4-7-22)40(34(43)33(30)42)35-38-39-36(47-35)46-20-23-10-13-27(37)14-11-23/h2-15,17-18,21,31,41H,16,19-20H2,1H3/t21-,31+/m1/s1. The number of rotatable bonds is 9. The second-order valence-corrected chi connectivity index (χ2v) is 13.4. The van der Waals surface area contributed by atoms with Crippen LogP contribution < -0.4 is 14.4 Å². The fourth-order valence-corrected chi connectivity index (χ4v) is 7.49. The van der Waals surface area contributed by atoms with Crippen LogP contribution in [0.15, 0.2) is 107 Å². The Bertz CT molecular complexity index is 2000. The third-order valence-electron chi connectivity index (χ3n) is 7.91. The van der Waals surface area contributed by atoms with Crippen LogP contribution in [0.25, 0.3) is 5.76 Å². The Kier molecular flexibility index (Phi) is 8.48. The minimum Gasteiger partial charge on any atom is -0.507 e. The molecule has 0 unspecified atom stereocenters. The lowest BCUT2D eigenvalue weighted by molar-refractivity contribution is -0.132. The summed E-state index contributed by atoms with van der Waals surface area (Å²) in [7, 11) is 0. The molecular weight excluding hydrogens is 638 g/mol. The zero-order valence-electron chi connectivity index (χ0n) is 25.1. The smallest absolute Gasteiger partial charge is 0.301 e. The van der Waals surface area contributed by atoms with Gasteiger partial charge in [-0.25, -0.2) is 4.39 Å². The number of ether oxygens (including phenoxy) is 2. The number of fused-ring (bicyclic) bond motifs is 1. The average Bonchev–Trinajstić information content (AvgIpc) is 3.78. The first kappa shape index (κ1) is 30.6. The number of carbonyl (C=O) groups excluding carboxylic acids is 2. The van der Waals surface area contributed by atoms with E-state index in [1.807, 2.05) is 37.3 Å². The van der Waals surface area contributed by atoms with Crippen molar-refractivity contribution in [1.29, 1.82) is 0 Å².